The second-order valence-corrected chi connectivity index (χ2v) is 6.01. The van der Waals surface area contributed by atoms with Gasteiger partial charge in [0.2, 0.25) is 0 Å². The SMILES string of the molecule is CCCCOC(=O)CC(NCc1ccccc1Cl)C(C)C. The van der Waals surface area contributed by atoms with E-state index in [-0.39, 0.29) is 12.0 Å². The second kappa shape index (κ2) is 9.80. The fourth-order valence-corrected chi connectivity index (χ4v) is 2.20. The second-order valence-electron chi connectivity index (χ2n) is 5.60. The molecule has 0 amide bonds. The number of carbonyl (C=O) groups is 1. The van der Waals surface area contributed by atoms with E-state index < -0.39 is 0 Å². The van der Waals surface area contributed by atoms with E-state index in [9.17, 15) is 4.79 Å². The van der Waals surface area contributed by atoms with E-state index in [4.69, 9.17) is 16.3 Å². The van der Waals surface area contributed by atoms with Gasteiger partial charge in [-0.2, -0.15) is 0 Å². The van der Waals surface area contributed by atoms with Crippen LogP contribution in [0, 0.1) is 5.92 Å². The van der Waals surface area contributed by atoms with Crippen LogP contribution in [0.4, 0.5) is 0 Å². The molecule has 1 atom stereocenters. The maximum Gasteiger partial charge on any atom is 0.307 e. The zero-order valence-corrected chi connectivity index (χ0v) is 14.0. The van der Waals surface area contributed by atoms with Crippen molar-refractivity contribution in [3.8, 4) is 0 Å². The van der Waals surface area contributed by atoms with E-state index in [1.54, 1.807) is 0 Å². The molecule has 1 unspecified atom stereocenters. The molecule has 0 aliphatic carbocycles. The maximum atomic E-state index is 11.8. The van der Waals surface area contributed by atoms with Crippen LogP contribution in [0.5, 0.6) is 0 Å². The van der Waals surface area contributed by atoms with Gasteiger partial charge in [0.05, 0.1) is 13.0 Å². The fraction of sp³-hybridized carbons (Fsp3) is 0.588. The number of unbranched alkanes of at least 4 members (excludes halogenated alkanes) is 1. The Morgan fingerprint density at radius 1 is 1.33 bits per heavy atom. The minimum Gasteiger partial charge on any atom is -0.466 e. The Morgan fingerprint density at radius 3 is 2.67 bits per heavy atom. The lowest BCUT2D eigenvalue weighted by Crippen LogP contribution is -2.36. The molecule has 1 aromatic carbocycles. The molecule has 0 spiro atoms. The normalized spacial score (nSPS) is 12.4. The monoisotopic (exact) mass is 311 g/mol. The van der Waals surface area contributed by atoms with Crippen LogP contribution in [0.1, 0.15) is 45.6 Å². The van der Waals surface area contributed by atoms with Gasteiger partial charge in [-0.25, -0.2) is 0 Å². The molecule has 0 aliphatic rings. The van der Waals surface area contributed by atoms with Crippen molar-refractivity contribution in [2.75, 3.05) is 6.61 Å². The third kappa shape index (κ3) is 6.96. The Labute approximate surface area is 133 Å². The lowest BCUT2D eigenvalue weighted by molar-refractivity contribution is -0.144. The molecule has 21 heavy (non-hydrogen) atoms. The molecule has 0 radical (unpaired) electrons. The Morgan fingerprint density at radius 2 is 2.05 bits per heavy atom. The molecular formula is C17H26ClNO2. The number of halogens is 1. The highest BCUT2D eigenvalue weighted by molar-refractivity contribution is 6.31. The number of nitrogens with one attached hydrogen (secondary N) is 1. The zero-order chi connectivity index (χ0) is 15.7. The van der Waals surface area contributed by atoms with Crippen molar-refractivity contribution in [2.24, 2.45) is 5.92 Å². The van der Waals surface area contributed by atoms with Gasteiger partial charge in [0.1, 0.15) is 0 Å². The first-order chi connectivity index (χ1) is 10.0. The Balaban J connectivity index is 2.47. The summed E-state index contributed by atoms with van der Waals surface area (Å²) >= 11 is 6.15. The molecule has 1 aromatic rings. The number of ether oxygens (including phenoxy) is 1. The van der Waals surface area contributed by atoms with Crippen molar-refractivity contribution in [3.63, 3.8) is 0 Å². The fourth-order valence-electron chi connectivity index (χ4n) is 2.00. The van der Waals surface area contributed by atoms with Crippen LogP contribution >= 0.6 is 11.6 Å². The predicted molar refractivity (Wildman–Crippen MR) is 87.4 cm³/mol. The highest BCUT2D eigenvalue weighted by Gasteiger charge is 2.18. The first kappa shape index (κ1) is 18.0. The number of hydrogen-bond acceptors (Lipinski definition) is 3. The van der Waals surface area contributed by atoms with Crippen molar-refractivity contribution in [3.05, 3.63) is 34.9 Å². The molecule has 1 N–H and O–H groups in total. The van der Waals surface area contributed by atoms with Gasteiger partial charge in [0.15, 0.2) is 0 Å². The molecule has 0 fully saturated rings. The average molecular weight is 312 g/mol. The third-order valence-electron chi connectivity index (χ3n) is 3.46. The van der Waals surface area contributed by atoms with E-state index in [0.717, 1.165) is 23.4 Å². The van der Waals surface area contributed by atoms with Crippen molar-refractivity contribution >= 4 is 17.6 Å². The minimum atomic E-state index is -0.131. The van der Waals surface area contributed by atoms with Gasteiger partial charge < -0.3 is 10.1 Å². The van der Waals surface area contributed by atoms with Crippen LogP contribution in [0.2, 0.25) is 5.02 Å². The molecule has 0 saturated carbocycles. The standard InChI is InChI=1S/C17H26ClNO2/c1-4-5-10-21-17(20)11-16(13(2)3)19-12-14-8-6-7-9-15(14)18/h6-9,13,16,19H,4-5,10-12H2,1-3H3. The van der Waals surface area contributed by atoms with Gasteiger partial charge in [-0.1, -0.05) is 57.0 Å². The molecule has 0 aliphatic heterocycles. The summed E-state index contributed by atoms with van der Waals surface area (Å²) in [5, 5.41) is 4.16. The van der Waals surface area contributed by atoms with E-state index in [1.165, 1.54) is 0 Å². The van der Waals surface area contributed by atoms with Crippen LogP contribution in [-0.4, -0.2) is 18.6 Å². The first-order valence-corrected chi connectivity index (χ1v) is 8.04. The van der Waals surface area contributed by atoms with E-state index in [2.05, 4.69) is 26.1 Å². The summed E-state index contributed by atoms with van der Waals surface area (Å²) in [4.78, 5) is 11.8. The molecule has 0 heterocycles. The number of hydrogen-bond donors (Lipinski definition) is 1. The van der Waals surface area contributed by atoms with Crippen LogP contribution < -0.4 is 5.32 Å². The summed E-state index contributed by atoms with van der Waals surface area (Å²) in [6, 6.07) is 7.84. The van der Waals surface area contributed by atoms with Crippen LogP contribution in [-0.2, 0) is 16.1 Å². The van der Waals surface area contributed by atoms with E-state index in [0.29, 0.717) is 25.5 Å². The number of esters is 1. The summed E-state index contributed by atoms with van der Waals surface area (Å²) in [6.07, 6.45) is 2.35. The lowest BCUT2D eigenvalue weighted by atomic mass is 10.0. The van der Waals surface area contributed by atoms with Crippen molar-refractivity contribution < 1.29 is 9.53 Å². The summed E-state index contributed by atoms with van der Waals surface area (Å²) in [5.41, 5.74) is 1.05. The lowest BCUT2D eigenvalue weighted by Gasteiger charge is -2.22. The maximum absolute atomic E-state index is 11.8. The number of benzene rings is 1. The quantitative estimate of drug-likeness (QED) is 0.549. The summed E-state index contributed by atoms with van der Waals surface area (Å²) in [6.45, 7) is 7.46. The van der Waals surface area contributed by atoms with Crippen LogP contribution in [0.25, 0.3) is 0 Å². The number of carbonyl (C=O) groups excluding carboxylic acids is 1. The van der Waals surface area contributed by atoms with E-state index in [1.807, 2.05) is 24.3 Å². The summed E-state index contributed by atoms with van der Waals surface area (Å²) in [5.74, 6) is 0.222. The zero-order valence-electron chi connectivity index (χ0n) is 13.2. The highest BCUT2D eigenvalue weighted by atomic mass is 35.5. The van der Waals surface area contributed by atoms with Gasteiger partial charge in [-0.05, 0) is 24.0 Å². The molecule has 0 saturated heterocycles. The Bertz CT molecular complexity index is 435. The molecule has 1 rings (SSSR count). The largest absolute Gasteiger partial charge is 0.466 e. The van der Waals surface area contributed by atoms with Gasteiger partial charge in [-0.3, -0.25) is 4.79 Å². The Kier molecular flexibility index (Phi) is 8.40. The molecule has 0 aromatic heterocycles. The topological polar surface area (TPSA) is 38.3 Å². The van der Waals surface area contributed by atoms with Gasteiger partial charge in [0.25, 0.3) is 0 Å². The van der Waals surface area contributed by atoms with Crippen molar-refractivity contribution in [1.29, 1.82) is 0 Å². The van der Waals surface area contributed by atoms with E-state index >= 15 is 0 Å². The predicted octanol–water partition coefficient (Wildman–Crippen LogP) is 4.19. The summed E-state index contributed by atoms with van der Waals surface area (Å²) < 4.78 is 5.23. The highest BCUT2D eigenvalue weighted by Crippen LogP contribution is 2.16. The molecule has 3 nitrogen and oxygen atoms in total. The first-order valence-electron chi connectivity index (χ1n) is 7.67. The van der Waals surface area contributed by atoms with Gasteiger partial charge in [0, 0.05) is 17.6 Å². The molecule has 4 heteroatoms. The van der Waals surface area contributed by atoms with Crippen molar-refractivity contribution in [2.45, 2.75) is 52.6 Å². The third-order valence-corrected chi connectivity index (χ3v) is 3.83. The summed E-state index contributed by atoms with van der Waals surface area (Å²) in [7, 11) is 0. The molecule has 118 valence electrons. The van der Waals surface area contributed by atoms with Crippen molar-refractivity contribution in [1.82, 2.24) is 5.32 Å². The molecule has 0 bridgehead atoms. The smallest absolute Gasteiger partial charge is 0.307 e. The number of rotatable bonds is 9. The van der Waals surface area contributed by atoms with Crippen LogP contribution in [0.3, 0.4) is 0 Å². The Hall–Kier alpha value is -1.06. The van der Waals surface area contributed by atoms with Gasteiger partial charge >= 0.3 is 5.97 Å². The average Bonchev–Trinajstić information content (AvgIpc) is 2.45. The van der Waals surface area contributed by atoms with Crippen LogP contribution in [0.15, 0.2) is 24.3 Å². The minimum absolute atomic E-state index is 0.0930. The molecular weight excluding hydrogens is 286 g/mol. The van der Waals surface area contributed by atoms with Gasteiger partial charge in [-0.15, -0.1) is 0 Å².